The van der Waals surface area contributed by atoms with Gasteiger partial charge in [-0.1, -0.05) is 66.2 Å². The molecule has 1 aliphatic carbocycles. The molecule has 36 heavy (non-hydrogen) atoms. The van der Waals surface area contributed by atoms with Crippen molar-refractivity contribution in [3.63, 3.8) is 0 Å². The predicted octanol–water partition coefficient (Wildman–Crippen LogP) is 7.23. The molecule has 2 aromatic heterocycles. The molecule has 0 unspecified atom stereocenters. The molecular weight excluding hydrogens is 474 g/mol. The van der Waals surface area contributed by atoms with Gasteiger partial charge in [0.1, 0.15) is 5.60 Å². The van der Waals surface area contributed by atoms with Crippen molar-refractivity contribution in [1.29, 1.82) is 0 Å². The SMILES string of the molecule is COc1cc(Cl)cn2c(-c3ccccc3)c(-c3ccc(C4(NC(=O)OC(C)(C)C)CCC4)cc3)nc12. The number of nitrogens with one attached hydrogen (secondary N) is 1. The van der Waals surface area contributed by atoms with E-state index in [-0.39, 0.29) is 6.09 Å². The summed E-state index contributed by atoms with van der Waals surface area (Å²) in [5.41, 5.74) is 4.57. The predicted molar refractivity (Wildman–Crippen MR) is 143 cm³/mol. The number of rotatable bonds is 5. The van der Waals surface area contributed by atoms with Crippen LogP contribution in [0.4, 0.5) is 4.79 Å². The zero-order chi connectivity index (χ0) is 25.5. The van der Waals surface area contributed by atoms with Gasteiger partial charge in [-0.05, 0) is 45.6 Å². The Labute approximate surface area is 216 Å². The van der Waals surface area contributed by atoms with Crippen LogP contribution in [0, 0.1) is 0 Å². The van der Waals surface area contributed by atoms with Gasteiger partial charge in [-0.25, -0.2) is 9.78 Å². The van der Waals surface area contributed by atoms with E-state index in [2.05, 4.69) is 41.7 Å². The largest absolute Gasteiger partial charge is 0.493 e. The number of carbonyl (C=O) groups is 1. The summed E-state index contributed by atoms with van der Waals surface area (Å²) in [7, 11) is 1.62. The lowest BCUT2D eigenvalue weighted by Crippen LogP contribution is -2.52. The molecule has 0 saturated heterocycles. The van der Waals surface area contributed by atoms with Crippen molar-refractivity contribution in [1.82, 2.24) is 14.7 Å². The Kier molecular flexibility index (Phi) is 6.17. The van der Waals surface area contributed by atoms with Crippen molar-refractivity contribution in [2.45, 2.75) is 51.2 Å². The minimum absolute atomic E-state index is 0.387. The molecule has 7 heteroatoms. The van der Waals surface area contributed by atoms with Gasteiger partial charge in [0.15, 0.2) is 11.4 Å². The monoisotopic (exact) mass is 503 g/mol. The van der Waals surface area contributed by atoms with Gasteiger partial charge in [0.2, 0.25) is 0 Å². The van der Waals surface area contributed by atoms with Crippen LogP contribution in [0.3, 0.4) is 0 Å². The summed E-state index contributed by atoms with van der Waals surface area (Å²) in [5.74, 6) is 0.609. The van der Waals surface area contributed by atoms with Crippen LogP contribution < -0.4 is 10.1 Å². The number of fused-ring (bicyclic) bond motifs is 1. The minimum Gasteiger partial charge on any atom is -0.493 e. The number of aromatic nitrogens is 2. The third kappa shape index (κ3) is 4.53. The fourth-order valence-electron chi connectivity index (χ4n) is 4.77. The van der Waals surface area contributed by atoms with Crippen molar-refractivity contribution in [3.05, 3.63) is 77.4 Å². The number of imidazole rings is 1. The summed E-state index contributed by atoms with van der Waals surface area (Å²) in [6, 6.07) is 20.2. The van der Waals surface area contributed by atoms with Crippen LogP contribution in [-0.4, -0.2) is 28.2 Å². The van der Waals surface area contributed by atoms with Gasteiger partial charge >= 0.3 is 6.09 Å². The third-order valence-electron chi connectivity index (χ3n) is 6.58. The van der Waals surface area contributed by atoms with Crippen molar-refractivity contribution in [2.75, 3.05) is 7.11 Å². The Hall–Kier alpha value is -3.51. The van der Waals surface area contributed by atoms with Gasteiger partial charge < -0.3 is 14.8 Å². The molecular formula is C29H30ClN3O3. The van der Waals surface area contributed by atoms with Crippen LogP contribution in [0.5, 0.6) is 5.75 Å². The molecule has 186 valence electrons. The molecule has 0 atom stereocenters. The first-order valence-corrected chi connectivity index (χ1v) is 12.5. The average Bonchev–Trinajstić information content (AvgIpc) is 3.19. The molecule has 4 aromatic rings. The molecule has 0 bridgehead atoms. The summed E-state index contributed by atoms with van der Waals surface area (Å²) in [5, 5.41) is 3.70. The first-order valence-electron chi connectivity index (χ1n) is 12.1. The lowest BCUT2D eigenvalue weighted by atomic mass is 9.71. The van der Waals surface area contributed by atoms with Gasteiger partial charge in [-0.3, -0.25) is 4.40 Å². The van der Waals surface area contributed by atoms with Crippen molar-refractivity contribution in [2.24, 2.45) is 0 Å². The van der Waals surface area contributed by atoms with E-state index in [4.69, 9.17) is 26.1 Å². The lowest BCUT2D eigenvalue weighted by molar-refractivity contribution is 0.0377. The average molecular weight is 504 g/mol. The smallest absolute Gasteiger partial charge is 0.408 e. The lowest BCUT2D eigenvalue weighted by Gasteiger charge is -2.43. The van der Waals surface area contributed by atoms with Gasteiger partial charge in [0.25, 0.3) is 0 Å². The minimum atomic E-state index is -0.542. The normalized spacial score (nSPS) is 14.8. The highest BCUT2D eigenvalue weighted by Gasteiger charge is 2.41. The maximum atomic E-state index is 12.5. The molecule has 2 aromatic carbocycles. The Morgan fingerprint density at radius 3 is 2.33 bits per heavy atom. The van der Waals surface area contributed by atoms with E-state index in [1.54, 1.807) is 13.2 Å². The number of hydrogen-bond donors (Lipinski definition) is 1. The Morgan fingerprint density at radius 2 is 1.75 bits per heavy atom. The number of methoxy groups -OCH3 is 1. The van der Waals surface area contributed by atoms with E-state index < -0.39 is 11.1 Å². The van der Waals surface area contributed by atoms with E-state index in [1.807, 2.05) is 49.6 Å². The Morgan fingerprint density at radius 1 is 1.06 bits per heavy atom. The highest BCUT2D eigenvalue weighted by molar-refractivity contribution is 6.30. The molecule has 5 rings (SSSR count). The number of amides is 1. The van der Waals surface area contributed by atoms with Crippen LogP contribution >= 0.6 is 11.6 Å². The van der Waals surface area contributed by atoms with Crippen molar-refractivity contribution in [3.8, 4) is 28.3 Å². The number of benzene rings is 2. The zero-order valence-electron chi connectivity index (χ0n) is 21.0. The van der Waals surface area contributed by atoms with E-state index in [9.17, 15) is 4.79 Å². The van der Waals surface area contributed by atoms with Gasteiger partial charge in [0.05, 0.1) is 29.1 Å². The topological polar surface area (TPSA) is 64.9 Å². The number of nitrogens with zero attached hydrogens (tertiary/aromatic N) is 2. The fourth-order valence-corrected chi connectivity index (χ4v) is 4.96. The molecule has 1 saturated carbocycles. The second kappa shape index (κ2) is 9.17. The fraction of sp³-hybridized carbons (Fsp3) is 0.310. The summed E-state index contributed by atoms with van der Waals surface area (Å²) < 4.78 is 13.1. The highest BCUT2D eigenvalue weighted by Crippen LogP contribution is 2.43. The molecule has 0 spiro atoms. The second-order valence-corrected chi connectivity index (χ2v) is 10.7. The van der Waals surface area contributed by atoms with Crippen molar-refractivity contribution >= 4 is 23.3 Å². The van der Waals surface area contributed by atoms with Gasteiger partial charge in [0, 0.05) is 23.4 Å². The quantitative estimate of drug-likeness (QED) is 0.312. The standard InChI is InChI=1S/C29H30ClN3O3/c1-28(2,3)36-27(34)32-29(15-8-16-29)21-13-11-19(12-14-21)24-25(20-9-6-5-7-10-20)33-18-22(30)17-23(35-4)26(33)31-24/h5-7,9-14,17-18H,8,15-16H2,1-4H3,(H,32,34). The van der Waals surface area contributed by atoms with E-state index in [0.717, 1.165) is 47.3 Å². The summed E-state index contributed by atoms with van der Waals surface area (Å²) in [6.07, 6.45) is 4.29. The summed E-state index contributed by atoms with van der Waals surface area (Å²) in [4.78, 5) is 17.5. The summed E-state index contributed by atoms with van der Waals surface area (Å²) in [6.45, 7) is 5.61. The third-order valence-corrected chi connectivity index (χ3v) is 6.78. The molecule has 1 aliphatic rings. The molecule has 0 aliphatic heterocycles. The van der Waals surface area contributed by atoms with E-state index in [0.29, 0.717) is 16.4 Å². The van der Waals surface area contributed by atoms with Crippen molar-refractivity contribution < 1.29 is 14.3 Å². The summed E-state index contributed by atoms with van der Waals surface area (Å²) >= 11 is 6.42. The molecule has 2 heterocycles. The highest BCUT2D eigenvalue weighted by atomic mass is 35.5. The number of halogens is 1. The van der Waals surface area contributed by atoms with Crippen LogP contribution in [0.15, 0.2) is 66.9 Å². The molecule has 1 fully saturated rings. The Bertz CT molecular complexity index is 1400. The van der Waals surface area contributed by atoms with Crippen LogP contribution in [-0.2, 0) is 10.3 Å². The molecule has 1 amide bonds. The number of carbonyl (C=O) groups excluding carboxylic acids is 1. The number of alkyl carbamates (subject to hydrolysis) is 1. The van der Waals surface area contributed by atoms with Gasteiger partial charge in [-0.15, -0.1) is 0 Å². The first kappa shape index (κ1) is 24.2. The maximum absolute atomic E-state index is 12.5. The van der Waals surface area contributed by atoms with Crippen LogP contribution in [0.25, 0.3) is 28.2 Å². The van der Waals surface area contributed by atoms with E-state index >= 15 is 0 Å². The number of ether oxygens (including phenoxy) is 2. The number of hydrogen-bond acceptors (Lipinski definition) is 4. The molecule has 6 nitrogen and oxygen atoms in total. The first-order chi connectivity index (χ1) is 17.2. The second-order valence-electron chi connectivity index (χ2n) is 10.2. The Balaban J connectivity index is 1.56. The zero-order valence-corrected chi connectivity index (χ0v) is 21.7. The molecule has 1 N–H and O–H groups in total. The van der Waals surface area contributed by atoms with E-state index in [1.165, 1.54) is 0 Å². The molecule has 0 radical (unpaired) electrons. The van der Waals surface area contributed by atoms with Gasteiger partial charge in [-0.2, -0.15) is 0 Å². The van der Waals surface area contributed by atoms with Crippen LogP contribution in [0.1, 0.15) is 45.6 Å². The maximum Gasteiger partial charge on any atom is 0.408 e. The number of pyridine rings is 1. The van der Waals surface area contributed by atoms with Crippen LogP contribution in [0.2, 0.25) is 5.02 Å².